The van der Waals surface area contributed by atoms with Crippen molar-refractivity contribution in [2.45, 2.75) is 63.1 Å². The van der Waals surface area contributed by atoms with Crippen LogP contribution >= 0.6 is 0 Å². The summed E-state index contributed by atoms with van der Waals surface area (Å²) in [4.78, 5) is 27.3. The minimum absolute atomic E-state index is 0.00246. The number of para-hydroxylation sites is 1. The van der Waals surface area contributed by atoms with Crippen molar-refractivity contribution in [1.29, 1.82) is 0 Å². The Morgan fingerprint density at radius 2 is 1.88 bits per heavy atom. The standard InChI is InChI=1S/C20H27N3O2/c24-19(18-13-14-7-4-5-10-16(14)21-18)22-17-11-6-12-23(20(17)25)15-8-2-1-3-9-15/h1-3,8-9,14,16-18,21H,4-7,10-13H2,(H,22,24). The van der Waals surface area contributed by atoms with Crippen LogP contribution in [0.5, 0.6) is 0 Å². The molecule has 2 aliphatic heterocycles. The van der Waals surface area contributed by atoms with Crippen LogP contribution in [0.3, 0.4) is 0 Å². The highest BCUT2D eigenvalue weighted by Gasteiger charge is 2.40. The highest BCUT2D eigenvalue weighted by molar-refractivity contribution is 6.00. The number of amides is 2. The Morgan fingerprint density at radius 1 is 1.08 bits per heavy atom. The van der Waals surface area contributed by atoms with E-state index in [1.807, 2.05) is 30.3 Å². The molecule has 0 spiro atoms. The summed E-state index contributed by atoms with van der Waals surface area (Å²) in [6.07, 6.45) is 7.51. The van der Waals surface area contributed by atoms with Crippen LogP contribution in [0.15, 0.2) is 30.3 Å². The number of fused-ring (bicyclic) bond motifs is 1. The molecule has 4 atom stereocenters. The third kappa shape index (κ3) is 3.43. The average Bonchev–Trinajstić information content (AvgIpc) is 3.08. The average molecular weight is 341 g/mol. The van der Waals surface area contributed by atoms with Gasteiger partial charge in [0.05, 0.1) is 6.04 Å². The molecule has 1 aromatic carbocycles. The smallest absolute Gasteiger partial charge is 0.249 e. The van der Waals surface area contributed by atoms with Crippen LogP contribution in [-0.2, 0) is 9.59 Å². The molecule has 3 fully saturated rings. The highest BCUT2D eigenvalue weighted by atomic mass is 16.2. The number of hydrogen-bond acceptors (Lipinski definition) is 3. The first-order valence-electron chi connectivity index (χ1n) is 9.65. The van der Waals surface area contributed by atoms with Crippen LogP contribution in [0, 0.1) is 5.92 Å². The molecular weight excluding hydrogens is 314 g/mol. The van der Waals surface area contributed by atoms with Crippen molar-refractivity contribution in [1.82, 2.24) is 10.6 Å². The topological polar surface area (TPSA) is 61.4 Å². The van der Waals surface area contributed by atoms with E-state index in [-0.39, 0.29) is 17.9 Å². The van der Waals surface area contributed by atoms with E-state index in [0.717, 1.165) is 31.5 Å². The SMILES string of the molecule is O=C(NC1CCCN(c2ccccc2)C1=O)C1CC2CCCCC2N1. The van der Waals surface area contributed by atoms with Crippen LogP contribution in [0.25, 0.3) is 0 Å². The van der Waals surface area contributed by atoms with Crippen molar-refractivity contribution in [3.8, 4) is 0 Å². The number of hydrogen-bond donors (Lipinski definition) is 2. The number of rotatable bonds is 3. The molecule has 134 valence electrons. The van der Waals surface area contributed by atoms with Gasteiger partial charge in [-0.25, -0.2) is 0 Å². The number of nitrogens with one attached hydrogen (secondary N) is 2. The second kappa shape index (κ2) is 7.16. The van der Waals surface area contributed by atoms with Gasteiger partial charge in [-0.3, -0.25) is 9.59 Å². The molecule has 4 unspecified atom stereocenters. The number of piperidine rings is 1. The molecule has 2 N–H and O–H groups in total. The number of nitrogens with zero attached hydrogens (tertiary/aromatic N) is 1. The van der Waals surface area contributed by atoms with Crippen LogP contribution in [0.1, 0.15) is 44.9 Å². The number of benzene rings is 1. The van der Waals surface area contributed by atoms with E-state index in [0.29, 0.717) is 12.0 Å². The molecule has 5 heteroatoms. The number of anilines is 1. The Labute approximate surface area is 149 Å². The maximum Gasteiger partial charge on any atom is 0.249 e. The number of carbonyl (C=O) groups excluding carboxylic acids is 2. The maximum absolute atomic E-state index is 12.8. The van der Waals surface area contributed by atoms with Gasteiger partial charge < -0.3 is 15.5 Å². The first-order chi connectivity index (χ1) is 12.2. The van der Waals surface area contributed by atoms with Crippen LogP contribution in [0.4, 0.5) is 5.69 Å². The molecule has 2 amide bonds. The van der Waals surface area contributed by atoms with Crippen molar-refractivity contribution in [3.05, 3.63) is 30.3 Å². The van der Waals surface area contributed by atoms with Gasteiger partial charge in [-0.2, -0.15) is 0 Å². The normalized spacial score (nSPS) is 32.3. The van der Waals surface area contributed by atoms with E-state index in [2.05, 4.69) is 10.6 Å². The Morgan fingerprint density at radius 3 is 2.68 bits per heavy atom. The zero-order valence-electron chi connectivity index (χ0n) is 14.6. The van der Waals surface area contributed by atoms with Gasteiger partial charge >= 0.3 is 0 Å². The molecule has 25 heavy (non-hydrogen) atoms. The lowest BCUT2D eigenvalue weighted by molar-refractivity contribution is -0.129. The summed E-state index contributed by atoms with van der Waals surface area (Å²) >= 11 is 0. The van der Waals surface area contributed by atoms with Gasteiger partial charge in [0.2, 0.25) is 11.8 Å². The van der Waals surface area contributed by atoms with E-state index >= 15 is 0 Å². The van der Waals surface area contributed by atoms with Gasteiger partial charge in [0.1, 0.15) is 6.04 Å². The predicted octanol–water partition coefficient (Wildman–Crippen LogP) is 2.22. The summed E-state index contributed by atoms with van der Waals surface area (Å²) in [6, 6.07) is 9.69. The summed E-state index contributed by atoms with van der Waals surface area (Å²) in [5, 5.41) is 6.53. The monoisotopic (exact) mass is 341 g/mol. The first kappa shape index (κ1) is 16.6. The third-order valence-corrected chi connectivity index (χ3v) is 6.00. The zero-order valence-corrected chi connectivity index (χ0v) is 14.6. The van der Waals surface area contributed by atoms with E-state index in [9.17, 15) is 9.59 Å². The Hall–Kier alpha value is -1.88. The molecule has 0 radical (unpaired) electrons. The molecule has 1 aliphatic carbocycles. The van der Waals surface area contributed by atoms with E-state index < -0.39 is 6.04 Å². The quantitative estimate of drug-likeness (QED) is 0.886. The Bertz CT molecular complexity index is 619. The molecule has 5 nitrogen and oxygen atoms in total. The lowest BCUT2D eigenvalue weighted by Gasteiger charge is -2.33. The Balaban J connectivity index is 1.38. The van der Waals surface area contributed by atoms with Crippen molar-refractivity contribution in [2.75, 3.05) is 11.4 Å². The fourth-order valence-electron chi connectivity index (χ4n) is 4.67. The van der Waals surface area contributed by atoms with Crippen LogP contribution < -0.4 is 15.5 Å². The molecule has 0 aromatic heterocycles. The van der Waals surface area contributed by atoms with Crippen molar-refractivity contribution in [2.24, 2.45) is 5.92 Å². The summed E-state index contributed by atoms with van der Waals surface area (Å²) in [7, 11) is 0. The molecule has 1 saturated carbocycles. The van der Waals surface area contributed by atoms with Crippen molar-refractivity contribution in [3.63, 3.8) is 0 Å². The van der Waals surface area contributed by atoms with E-state index in [1.165, 1.54) is 25.7 Å². The molecular formula is C20H27N3O2. The zero-order chi connectivity index (χ0) is 17.2. The van der Waals surface area contributed by atoms with Crippen molar-refractivity contribution >= 4 is 17.5 Å². The lowest BCUT2D eigenvalue weighted by Crippen LogP contribution is -2.55. The molecule has 3 aliphatic rings. The van der Waals surface area contributed by atoms with Gasteiger partial charge in [0.25, 0.3) is 0 Å². The lowest BCUT2D eigenvalue weighted by atomic mass is 9.85. The van der Waals surface area contributed by atoms with Gasteiger partial charge in [-0.1, -0.05) is 31.0 Å². The van der Waals surface area contributed by atoms with Crippen molar-refractivity contribution < 1.29 is 9.59 Å². The third-order valence-electron chi connectivity index (χ3n) is 6.00. The number of carbonyl (C=O) groups is 2. The summed E-state index contributed by atoms with van der Waals surface area (Å²) in [5.74, 6) is 0.649. The Kier molecular flexibility index (Phi) is 4.75. The predicted molar refractivity (Wildman–Crippen MR) is 97.2 cm³/mol. The summed E-state index contributed by atoms with van der Waals surface area (Å²) in [5.41, 5.74) is 0.913. The minimum atomic E-state index is -0.397. The van der Waals surface area contributed by atoms with E-state index in [1.54, 1.807) is 4.90 Å². The second-order valence-corrected chi connectivity index (χ2v) is 7.63. The summed E-state index contributed by atoms with van der Waals surface area (Å²) in [6.45, 7) is 0.723. The van der Waals surface area contributed by atoms with Crippen LogP contribution in [0.2, 0.25) is 0 Å². The minimum Gasteiger partial charge on any atom is -0.343 e. The first-order valence-corrected chi connectivity index (χ1v) is 9.65. The second-order valence-electron chi connectivity index (χ2n) is 7.63. The largest absolute Gasteiger partial charge is 0.343 e. The fraction of sp³-hybridized carbons (Fsp3) is 0.600. The van der Waals surface area contributed by atoms with Gasteiger partial charge in [-0.05, 0) is 50.2 Å². The molecule has 2 saturated heterocycles. The van der Waals surface area contributed by atoms with Crippen LogP contribution in [-0.4, -0.2) is 36.5 Å². The van der Waals surface area contributed by atoms with Gasteiger partial charge in [-0.15, -0.1) is 0 Å². The van der Waals surface area contributed by atoms with Gasteiger partial charge in [0.15, 0.2) is 0 Å². The molecule has 1 aromatic rings. The fourth-order valence-corrected chi connectivity index (χ4v) is 4.67. The molecule has 2 heterocycles. The highest BCUT2D eigenvalue weighted by Crippen LogP contribution is 2.33. The maximum atomic E-state index is 12.8. The molecule has 4 rings (SSSR count). The van der Waals surface area contributed by atoms with Gasteiger partial charge in [0, 0.05) is 18.3 Å². The van der Waals surface area contributed by atoms with E-state index in [4.69, 9.17) is 0 Å². The molecule has 0 bridgehead atoms. The summed E-state index contributed by atoms with van der Waals surface area (Å²) < 4.78 is 0.